The fraction of sp³-hybridized carbons (Fsp3) is 0.333. The van der Waals surface area contributed by atoms with Crippen LogP contribution in [-0.4, -0.2) is 19.1 Å². The molecule has 2 rings (SSSR count). The number of rotatable bonds is 5. The van der Waals surface area contributed by atoms with Gasteiger partial charge >= 0.3 is 7.48 Å². The monoisotopic (exact) mass is 279 g/mol. The number of hydrogen-bond acceptors (Lipinski definition) is 2. The third-order valence-electron chi connectivity index (χ3n) is 2.53. The average molecular weight is 280 g/mol. The number of halogens is 1. The second-order valence-corrected chi connectivity index (χ2v) is 4.71. The van der Waals surface area contributed by atoms with Gasteiger partial charge in [-0.15, -0.1) is 0 Å². The molecule has 1 N–H and O–H groups in total. The summed E-state index contributed by atoms with van der Waals surface area (Å²) in [6.45, 7) is 0.803. The maximum absolute atomic E-state index is 8.61. The molecule has 0 aliphatic heterocycles. The number of benzene rings is 1. The van der Waals surface area contributed by atoms with E-state index in [0.717, 1.165) is 35.8 Å². The molecule has 0 aromatic heterocycles. The van der Waals surface area contributed by atoms with Crippen LogP contribution in [0.4, 0.5) is 0 Å². The van der Waals surface area contributed by atoms with Gasteiger partial charge in [0.25, 0.3) is 0 Å². The van der Waals surface area contributed by atoms with Crippen molar-refractivity contribution in [3.63, 3.8) is 0 Å². The molecule has 0 atom stereocenters. The zero-order valence-electron chi connectivity index (χ0n) is 8.90. The Morgan fingerprint density at radius 1 is 1.50 bits per heavy atom. The second-order valence-electron chi connectivity index (χ2n) is 3.92. The van der Waals surface area contributed by atoms with Crippen LogP contribution in [0, 0.1) is 5.92 Å². The molecular formula is C12H13BBrO2. The second kappa shape index (κ2) is 5.55. The van der Waals surface area contributed by atoms with Crippen LogP contribution in [0.3, 0.4) is 0 Å². The summed E-state index contributed by atoms with van der Waals surface area (Å²) in [6.07, 6.45) is 4.40. The normalized spacial score (nSPS) is 15.4. The van der Waals surface area contributed by atoms with E-state index >= 15 is 0 Å². The van der Waals surface area contributed by atoms with Gasteiger partial charge in [-0.3, -0.25) is 0 Å². The molecular weight excluding hydrogens is 267 g/mol. The van der Waals surface area contributed by atoms with Crippen molar-refractivity contribution in [3.05, 3.63) is 34.2 Å². The lowest BCUT2D eigenvalue weighted by Crippen LogP contribution is -1.99. The zero-order chi connectivity index (χ0) is 11.4. The lowest BCUT2D eigenvalue weighted by molar-refractivity contribution is 0.298. The van der Waals surface area contributed by atoms with Gasteiger partial charge in [0.2, 0.25) is 0 Å². The van der Waals surface area contributed by atoms with Gasteiger partial charge in [-0.25, -0.2) is 0 Å². The highest BCUT2D eigenvalue weighted by atomic mass is 79.9. The first-order valence-electron chi connectivity index (χ1n) is 5.36. The third-order valence-corrected chi connectivity index (χ3v) is 3.38. The quantitative estimate of drug-likeness (QED) is 0.840. The minimum Gasteiger partial charge on any atom is -0.492 e. The van der Waals surface area contributed by atoms with E-state index in [0.29, 0.717) is 0 Å². The summed E-state index contributed by atoms with van der Waals surface area (Å²) in [5.41, 5.74) is 0.999. The van der Waals surface area contributed by atoms with Gasteiger partial charge in [-0.1, -0.05) is 24.2 Å². The molecule has 0 saturated heterocycles. The molecule has 1 aliphatic carbocycles. The smallest absolute Gasteiger partial charge is 0.318 e. The highest BCUT2D eigenvalue weighted by molar-refractivity contribution is 9.10. The van der Waals surface area contributed by atoms with Crippen LogP contribution in [0.15, 0.2) is 28.6 Å². The Hall–Kier alpha value is -0.735. The van der Waals surface area contributed by atoms with Crippen LogP contribution < -0.4 is 4.74 Å². The largest absolute Gasteiger partial charge is 0.492 e. The van der Waals surface area contributed by atoms with Crippen molar-refractivity contribution in [2.24, 2.45) is 5.92 Å². The molecule has 0 spiro atoms. The van der Waals surface area contributed by atoms with Gasteiger partial charge in [0.1, 0.15) is 5.75 Å². The van der Waals surface area contributed by atoms with Crippen LogP contribution in [0.5, 0.6) is 5.75 Å². The van der Waals surface area contributed by atoms with E-state index in [1.165, 1.54) is 12.8 Å². The summed E-state index contributed by atoms with van der Waals surface area (Å²) in [5.74, 6) is 3.20. The lowest BCUT2D eigenvalue weighted by Gasteiger charge is -2.09. The maximum Gasteiger partial charge on any atom is 0.318 e. The average Bonchev–Trinajstić information content (AvgIpc) is 3.10. The van der Waals surface area contributed by atoms with E-state index in [1.54, 1.807) is 5.98 Å². The molecule has 83 valence electrons. The van der Waals surface area contributed by atoms with Gasteiger partial charge in [0, 0.05) is 0 Å². The van der Waals surface area contributed by atoms with Crippen molar-refractivity contribution in [2.75, 3.05) is 6.61 Å². The molecule has 2 nitrogen and oxygen atoms in total. The van der Waals surface area contributed by atoms with E-state index in [4.69, 9.17) is 9.76 Å². The molecule has 1 aliphatic rings. The van der Waals surface area contributed by atoms with Gasteiger partial charge in [-0.05, 0) is 46.3 Å². The molecule has 0 amide bonds. The Balaban J connectivity index is 2.07. The van der Waals surface area contributed by atoms with Gasteiger partial charge in [-0.2, -0.15) is 0 Å². The summed E-state index contributed by atoms with van der Waals surface area (Å²) in [5, 5.41) is 8.61. The molecule has 1 aromatic carbocycles. The van der Waals surface area contributed by atoms with Crippen molar-refractivity contribution < 1.29 is 9.76 Å². The molecule has 0 bridgehead atoms. The van der Waals surface area contributed by atoms with Gasteiger partial charge in [0.15, 0.2) is 0 Å². The Kier molecular flexibility index (Phi) is 4.07. The third kappa shape index (κ3) is 3.13. The summed E-state index contributed by atoms with van der Waals surface area (Å²) < 4.78 is 6.67. The summed E-state index contributed by atoms with van der Waals surface area (Å²) in [7, 11) is 1.02. The van der Waals surface area contributed by atoms with E-state index in [-0.39, 0.29) is 0 Å². The Labute approximate surface area is 105 Å². The molecule has 0 heterocycles. The fourth-order valence-corrected chi connectivity index (χ4v) is 1.92. The van der Waals surface area contributed by atoms with E-state index in [1.807, 2.05) is 24.3 Å². The Morgan fingerprint density at radius 3 is 3.00 bits per heavy atom. The molecule has 1 radical (unpaired) electrons. The van der Waals surface area contributed by atoms with E-state index in [9.17, 15) is 0 Å². The summed E-state index contributed by atoms with van der Waals surface area (Å²) >= 11 is 3.51. The highest BCUT2D eigenvalue weighted by Crippen LogP contribution is 2.33. The molecule has 16 heavy (non-hydrogen) atoms. The predicted molar refractivity (Wildman–Crippen MR) is 69.4 cm³/mol. The highest BCUT2D eigenvalue weighted by Gasteiger charge is 2.22. The predicted octanol–water partition coefficient (Wildman–Crippen LogP) is 2.82. The topological polar surface area (TPSA) is 29.5 Å². The van der Waals surface area contributed by atoms with Crippen molar-refractivity contribution in [2.45, 2.75) is 12.8 Å². The molecule has 4 heteroatoms. The van der Waals surface area contributed by atoms with Crippen LogP contribution in [0.2, 0.25) is 0 Å². The fourth-order valence-electron chi connectivity index (χ4n) is 1.41. The first-order valence-corrected chi connectivity index (χ1v) is 6.16. The molecule has 1 fully saturated rings. The van der Waals surface area contributed by atoms with Crippen LogP contribution in [0.1, 0.15) is 18.4 Å². The lowest BCUT2D eigenvalue weighted by atomic mass is 10.0. The zero-order valence-corrected chi connectivity index (χ0v) is 10.5. The SMILES string of the molecule is O[B]/C=C/c1cccc(OCC2CC2)c1Br. The van der Waals surface area contributed by atoms with Crippen LogP contribution in [-0.2, 0) is 0 Å². The van der Waals surface area contributed by atoms with E-state index in [2.05, 4.69) is 15.9 Å². The molecule has 1 aromatic rings. The van der Waals surface area contributed by atoms with Crippen molar-refractivity contribution in [1.29, 1.82) is 0 Å². The van der Waals surface area contributed by atoms with Gasteiger partial charge < -0.3 is 9.76 Å². The first-order chi connectivity index (χ1) is 7.81. The standard InChI is InChI=1S/C12H13BBrO2/c14-12-10(6-7-13-15)2-1-3-11(12)16-8-9-4-5-9/h1-3,6-7,9,15H,4-5,8H2/b7-6+. The maximum atomic E-state index is 8.61. The molecule has 0 unspecified atom stereocenters. The Morgan fingerprint density at radius 2 is 2.31 bits per heavy atom. The Bertz CT molecular complexity index is 389. The minimum atomic E-state index is 0.747. The first kappa shape index (κ1) is 11.7. The number of ether oxygens (including phenoxy) is 1. The minimum absolute atomic E-state index is 0.747. The van der Waals surface area contributed by atoms with Crippen LogP contribution >= 0.6 is 15.9 Å². The van der Waals surface area contributed by atoms with Crippen molar-refractivity contribution in [1.82, 2.24) is 0 Å². The molecule has 1 saturated carbocycles. The van der Waals surface area contributed by atoms with Crippen molar-refractivity contribution in [3.8, 4) is 5.75 Å². The summed E-state index contributed by atoms with van der Waals surface area (Å²) in [4.78, 5) is 0. The van der Waals surface area contributed by atoms with Crippen molar-refractivity contribution >= 4 is 29.5 Å². The number of hydrogen-bond donors (Lipinski definition) is 1. The van der Waals surface area contributed by atoms with Gasteiger partial charge in [0.05, 0.1) is 11.1 Å². The van der Waals surface area contributed by atoms with Crippen LogP contribution in [0.25, 0.3) is 6.08 Å². The summed E-state index contributed by atoms with van der Waals surface area (Å²) in [6, 6.07) is 5.87. The van der Waals surface area contributed by atoms with E-state index < -0.39 is 0 Å².